The summed E-state index contributed by atoms with van der Waals surface area (Å²) in [6, 6.07) is 6.56. The predicted octanol–water partition coefficient (Wildman–Crippen LogP) is 2.52. The standard InChI is InChI=1S/C21H31FN2O3/c1-4-27-17-13-21(23,19(17,2)3)18(25)24-14-20(9-11-26-12-10-20)15-5-7-16(22)8-6-15/h5-8,17H,4,9-14,23H2,1-3H3,(H,24,25). The second kappa shape index (κ2) is 7.49. The molecule has 2 fully saturated rings. The van der Waals surface area contributed by atoms with Crippen LogP contribution in [0.1, 0.15) is 45.6 Å². The Morgan fingerprint density at radius 1 is 1.30 bits per heavy atom. The van der Waals surface area contributed by atoms with E-state index in [9.17, 15) is 9.18 Å². The maximum absolute atomic E-state index is 13.4. The van der Waals surface area contributed by atoms with Crippen molar-refractivity contribution >= 4 is 5.91 Å². The smallest absolute Gasteiger partial charge is 0.240 e. The Balaban J connectivity index is 1.72. The molecule has 3 rings (SSSR count). The number of nitrogens with one attached hydrogen (secondary N) is 1. The van der Waals surface area contributed by atoms with Gasteiger partial charge in [0.2, 0.25) is 5.91 Å². The van der Waals surface area contributed by atoms with Crippen LogP contribution in [0.25, 0.3) is 0 Å². The van der Waals surface area contributed by atoms with Crippen LogP contribution in [0, 0.1) is 11.2 Å². The zero-order chi connectivity index (χ0) is 19.7. The van der Waals surface area contributed by atoms with E-state index >= 15 is 0 Å². The van der Waals surface area contributed by atoms with E-state index in [-0.39, 0.29) is 23.2 Å². The Hall–Kier alpha value is -1.50. The second-order valence-electron chi connectivity index (χ2n) is 8.42. The summed E-state index contributed by atoms with van der Waals surface area (Å²) in [6.07, 6.45) is 2.07. The predicted molar refractivity (Wildman–Crippen MR) is 102 cm³/mol. The lowest BCUT2D eigenvalue weighted by atomic mass is 9.54. The molecule has 1 aromatic rings. The third-order valence-corrected chi connectivity index (χ3v) is 6.73. The van der Waals surface area contributed by atoms with Crippen LogP contribution in [0.4, 0.5) is 4.39 Å². The van der Waals surface area contributed by atoms with Crippen LogP contribution < -0.4 is 11.1 Å². The number of benzene rings is 1. The van der Waals surface area contributed by atoms with Crippen LogP contribution in [0.2, 0.25) is 0 Å². The number of amides is 1. The highest BCUT2D eigenvalue weighted by atomic mass is 19.1. The van der Waals surface area contributed by atoms with Crippen molar-refractivity contribution in [2.24, 2.45) is 11.1 Å². The second-order valence-corrected chi connectivity index (χ2v) is 8.42. The first-order chi connectivity index (χ1) is 12.7. The van der Waals surface area contributed by atoms with Gasteiger partial charge in [-0.2, -0.15) is 0 Å². The fourth-order valence-electron chi connectivity index (χ4n) is 4.36. The molecule has 3 N–H and O–H groups in total. The molecule has 150 valence electrons. The molecule has 1 amide bonds. The highest BCUT2D eigenvalue weighted by Crippen LogP contribution is 2.50. The van der Waals surface area contributed by atoms with Crippen molar-refractivity contribution < 1.29 is 18.7 Å². The molecular formula is C21H31FN2O3. The minimum Gasteiger partial charge on any atom is -0.381 e. The summed E-state index contributed by atoms with van der Waals surface area (Å²) in [5, 5.41) is 3.10. The Morgan fingerprint density at radius 3 is 2.48 bits per heavy atom. The molecule has 6 heteroatoms. The molecule has 0 bridgehead atoms. The molecule has 1 aliphatic heterocycles. The number of hydrogen-bond acceptors (Lipinski definition) is 4. The third kappa shape index (κ3) is 3.50. The van der Waals surface area contributed by atoms with Crippen LogP contribution >= 0.6 is 0 Å². The lowest BCUT2D eigenvalue weighted by molar-refractivity contribution is -0.171. The number of carbonyl (C=O) groups excluding carboxylic acids is 1. The molecule has 0 radical (unpaired) electrons. The van der Waals surface area contributed by atoms with Crippen molar-refractivity contribution in [2.45, 2.75) is 57.1 Å². The molecule has 1 aromatic carbocycles. The van der Waals surface area contributed by atoms with Gasteiger partial charge in [0.1, 0.15) is 11.4 Å². The average Bonchev–Trinajstić information content (AvgIpc) is 2.67. The number of ether oxygens (including phenoxy) is 2. The van der Waals surface area contributed by atoms with Gasteiger partial charge in [0.25, 0.3) is 0 Å². The first-order valence-electron chi connectivity index (χ1n) is 9.78. The van der Waals surface area contributed by atoms with Gasteiger partial charge in [0.05, 0.1) is 6.10 Å². The van der Waals surface area contributed by atoms with Gasteiger partial charge in [-0.05, 0) is 37.5 Å². The minimum atomic E-state index is -0.942. The van der Waals surface area contributed by atoms with Gasteiger partial charge < -0.3 is 20.5 Å². The van der Waals surface area contributed by atoms with Crippen molar-refractivity contribution in [1.82, 2.24) is 5.32 Å². The summed E-state index contributed by atoms with van der Waals surface area (Å²) in [5.41, 5.74) is 5.90. The van der Waals surface area contributed by atoms with E-state index in [1.807, 2.05) is 32.9 Å². The number of nitrogens with two attached hydrogens (primary N) is 1. The van der Waals surface area contributed by atoms with E-state index in [1.165, 1.54) is 12.1 Å². The molecule has 2 unspecified atom stereocenters. The first-order valence-corrected chi connectivity index (χ1v) is 9.78. The normalized spacial score (nSPS) is 29.0. The summed E-state index contributed by atoms with van der Waals surface area (Å²) in [7, 11) is 0. The van der Waals surface area contributed by atoms with Gasteiger partial charge >= 0.3 is 0 Å². The third-order valence-electron chi connectivity index (χ3n) is 6.73. The van der Waals surface area contributed by atoms with Crippen molar-refractivity contribution in [3.8, 4) is 0 Å². The molecule has 1 saturated heterocycles. The first kappa shape index (κ1) is 20.2. The highest BCUT2D eigenvalue weighted by Gasteiger charge is 2.63. The largest absolute Gasteiger partial charge is 0.381 e. The lowest BCUT2D eigenvalue weighted by Crippen LogP contribution is -2.76. The Labute approximate surface area is 160 Å². The molecule has 0 aromatic heterocycles. The highest BCUT2D eigenvalue weighted by molar-refractivity contribution is 5.88. The molecular weight excluding hydrogens is 347 g/mol. The maximum Gasteiger partial charge on any atom is 0.240 e. The average molecular weight is 378 g/mol. The fraction of sp³-hybridized carbons (Fsp3) is 0.667. The van der Waals surface area contributed by atoms with Crippen LogP contribution in [0.15, 0.2) is 24.3 Å². The van der Waals surface area contributed by atoms with Gasteiger partial charge in [-0.15, -0.1) is 0 Å². The lowest BCUT2D eigenvalue weighted by Gasteiger charge is -2.57. The van der Waals surface area contributed by atoms with Crippen molar-refractivity contribution in [1.29, 1.82) is 0 Å². The molecule has 0 spiro atoms. The number of carbonyl (C=O) groups is 1. The van der Waals surface area contributed by atoms with Crippen LogP contribution in [-0.2, 0) is 19.7 Å². The zero-order valence-corrected chi connectivity index (χ0v) is 16.5. The topological polar surface area (TPSA) is 73.6 Å². The molecule has 1 aliphatic carbocycles. The van der Waals surface area contributed by atoms with Crippen molar-refractivity contribution in [3.05, 3.63) is 35.6 Å². The van der Waals surface area contributed by atoms with E-state index in [1.54, 1.807) is 0 Å². The van der Waals surface area contributed by atoms with Gasteiger partial charge in [-0.25, -0.2) is 4.39 Å². The number of hydrogen-bond donors (Lipinski definition) is 2. The summed E-state index contributed by atoms with van der Waals surface area (Å²) in [4.78, 5) is 13.0. The van der Waals surface area contributed by atoms with Gasteiger partial charge in [0.15, 0.2) is 0 Å². The summed E-state index contributed by atoms with van der Waals surface area (Å²) < 4.78 is 24.6. The summed E-state index contributed by atoms with van der Waals surface area (Å²) >= 11 is 0. The summed E-state index contributed by atoms with van der Waals surface area (Å²) in [6.45, 7) is 8.25. The number of halogens is 1. The monoisotopic (exact) mass is 378 g/mol. The maximum atomic E-state index is 13.4. The molecule has 1 saturated carbocycles. The Bertz CT molecular complexity index is 671. The van der Waals surface area contributed by atoms with Crippen LogP contribution in [0.3, 0.4) is 0 Å². The van der Waals surface area contributed by atoms with E-state index in [0.29, 0.717) is 32.8 Å². The van der Waals surface area contributed by atoms with Gasteiger partial charge in [-0.3, -0.25) is 4.79 Å². The molecule has 2 atom stereocenters. The van der Waals surface area contributed by atoms with Gasteiger partial charge in [-0.1, -0.05) is 26.0 Å². The molecule has 5 nitrogen and oxygen atoms in total. The SMILES string of the molecule is CCOC1CC(N)(C(=O)NCC2(c3ccc(F)cc3)CCOCC2)C1(C)C. The zero-order valence-electron chi connectivity index (χ0n) is 16.5. The van der Waals surface area contributed by atoms with E-state index in [2.05, 4.69) is 5.32 Å². The van der Waals surface area contributed by atoms with E-state index < -0.39 is 11.0 Å². The van der Waals surface area contributed by atoms with Crippen molar-refractivity contribution in [3.63, 3.8) is 0 Å². The van der Waals surface area contributed by atoms with Crippen LogP contribution in [0.5, 0.6) is 0 Å². The van der Waals surface area contributed by atoms with E-state index in [0.717, 1.165) is 18.4 Å². The molecule has 2 aliphatic rings. The quantitative estimate of drug-likeness (QED) is 0.798. The Kier molecular flexibility index (Phi) is 5.62. The van der Waals surface area contributed by atoms with Crippen molar-refractivity contribution in [2.75, 3.05) is 26.4 Å². The molecule has 27 heavy (non-hydrogen) atoms. The minimum absolute atomic E-state index is 0.00705. The van der Waals surface area contributed by atoms with Crippen LogP contribution in [-0.4, -0.2) is 43.9 Å². The van der Waals surface area contributed by atoms with Gasteiger partial charge in [0, 0.05) is 43.6 Å². The fourth-order valence-corrected chi connectivity index (χ4v) is 4.36. The summed E-state index contributed by atoms with van der Waals surface area (Å²) in [5.74, 6) is -0.402. The number of rotatable bonds is 6. The Morgan fingerprint density at radius 2 is 1.93 bits per heavy atom. The van der Waals surface area contributed by atoms with E-state index in [4.69, 9.17) is 15.2 Å². The molecule has 1 heterocycles.